The van der Waals surface area contributed by atoms with Gasteiger partial charge in [-0.3, -0.25) is 9.59 Å². The molecule has 0 aromatic heterocycles. The summed E-state index contributed by atoms with van der Waals surface area (Å²) in [6.07, 6.45) is 4.78. The molecule has 1 amide bonds. The highest BCUT2D eigenvalue weighted by Gasteiger charge is 2.29. The van der Waals surface area contributed by atoms with E-state index in [1.807, 2.05) is 0 Å². The summed E-state index contributed by atoms with van der Waals surface area (Å²) in [5.41, 5.74) is 1.25. The third-order valence-electron chi connectivity index (χ3n) is 5.35. The lowest BCUT2D eigenvalue weighted by Gasteiger charge is -2.18. The second kappa shape index (κ2) is 9.04. The standard InChI is InChI=1S/C23H25NO7S/c1-5-6-20(26)24-16-9-7-13-11-18(30-2)23(31-3)22(27)21(13)14-8-10-19(32(4,28)29)17(25)12-15(14)16/h5-6,8,10-12,16,27H,7,9H2,1-4H3,(H,24,26)/t16-/m0/s1. The number of rotatable bonds is 5. The lowest BCUT2D eigenvalue weighted by molar-refractivity contribution is -0.117. The minimum Gasteiger partial charge on any atom is -0.504 e. The number of hydrogen-bond acceptors (Lipinski definition) is 7. The molecule has 0 bridgehead atoms. The normalized spacial score (nSPS) is 15.4. The summed E-state index contributed by atoms with van der Waals surface area (Å²) < 4.78 is 35.0. The SMILES string of the molecule is CC=CC(=O)N[C@H]1CCc2cc(OC)c(OC)c(O)c2-c2ccc(S(C)(=O)=O)c(=O)cc21. The molecule has 8 nitrogen and oxygen atoms in total. The zero-order valence-corrected chi connectivity index (χ0v) is 19.1. The van der Waals surface area contributed by atoms with Crippen molar-refractivity contribution in [1.29, 1.82) is 0 Å². The van der Waals surface area contributed by atoms with Crippen LogP contribution in [0.5, 0.6) is 17.2 Å². The number of carbonyl (C=O) groups is 1. The molecule has 1 aliphatic rings. The Labute approximate surface area is 186 Å². The summed E-state index contributed by atoms with van der Waals surface area (Å²) in [6.45, 7) is 1.71. The molecule has 0 aliphatic heterocycles. The number of amides is 1. The van der Waals surface area contributed by atoms with E-state index in [-0.39, 0.29) is 22.3 Å². The van der Waals surface area contributed by atoms with Crippen molar-refractivity contribution in [3.63, 3.8) is 0 Å². The summed E-state index contributed by atoms with van der Waals surface area (Å²) >= 11 is 0. The predicted molar refractivity (Wildman–Crippen MR) is 120 cm³/mol. The van der Waals surface area contributed by atoms with Crippen molar-refractivity contribution in [2.45, 2.75) is 30.7 Å². The number of benzene rings is 1. The van der Waals surface area contributed by atoms with E-state index in [0.717, 1.165) is 6.26 Å². The van der Waals surface area contributed by atoms with Gasteiger partial charge in [-0.15, -0.1) is 0 Å². The number of carbonyl (C=O) groups excluding carboxylic acids is 1. The highest BCUT2D eigenvalue weighted by Crippen LogP contribution is 2.49. The third kappa shape index (κ3) is 4.34. The van der Waals surface area contributed by atoms with Gasteiger partial charge in [0.05, 0.1) is 20.3 Å². The van der Waals surface area contributed by atoms with Gasteiger partial charge in [-0.1, -0.05) is 12.1 Å². The van der Waals surface area contributed by atoms with Gasteiger partial charge in [0.2, 0.25) is 11.7 Å². The molecule has 0 fully saturated rings. The van der Waals surface area contributed by atoms with Gasteiger partial charge in [0, 0.05) is 11.8 Å². The first kappa shape index (κ1) is 23.3. The number of methoxy groups -OCH3 is 2. The molecule has 9 heteroatoms. The average Bonchev–Trinajstić information content (AvgIpc) is 2.97. The number of hydrogen-bond donors (Lipinski definition) is 2. The molecular weight excluding hydrogens is 434 g/mol. The number of phenolic OH excluding ortho intramolecular Hbond substituents is 1. The Balaban J connectivity index is 2.39. The maximum atomic E-state index is 12.8. The molecule has 170 valence electrons. The van der Waals surface area contributed by atoms with Crippen LogP contribution in [0.2, 0.25) is 0 Å². The van der Waals surface area contributed by atoms with Crippen molar-refractivity contribution in [2.24, 2.45) is 0 Å². The molecule has 0 spiro atoms. The van der Waals surface area contributed by atoms with E-state index in [2.05, 4.69) is 5.32 Å². The number of phenols is 1. The Morgan fingerprint density at radius 1 is 1.22 bits per heavy atom. The highest BCUT2D eigenvalue weighted by atomic mass is 32.2. The molecule has 0 radical (unpaired) electrons. The fourth-order valence-electron chi connectivity index (χ4n) is 3.95. The zero-order valence-electron chi connectivity index (χ0n) is 18.3. The van der Waals surface area contributed by atoms with Crippen LogP contribution in [0.25, 0.3) is 11.1 Å². The molecule has 2 N–H and O–H groups in total. The summed E-state index contributed by atoms with van der Waals surface area (Å²) in [7, 11) is -0.946. The Morgan fingerprint density at radius 2 is 1.94 bits per heavy atom. The van der Waals surface area contributed by atoms with Gasteiger partial charge in [0.25, 0.3) is 0 Å². The van der Waals surface area contributed by atoms with Crippen LogP contribution in [0.1, 0.15) is 30.5 Å². The van der Waals surface area contributed by atoms with E-state index in [9.17, 15) is 23.1 Å². The smallest absolute Gasteiger partial charge is 0.244 e. The van der Waals surface area contributed by atoms with Crippen molar-refractivity contribution in [1.82, 2.24) is 5.32 Å². The molecule has 1 aliphatic carbocycles. The second-order valence-corrected chi connectivity index (χ2v) is 9.43. The number of nitrogens with one attached hydrogen (secondary N) is 1. The predicted octanol–water partition coefficient (Wildman–Crippen LogP) is 2.52. The number of allylic oxidation sites excluding steroid dienone is 1. The summed E-state index contributed by atoms with van der Waals surface area (Å²) in [5.74, 6) is -0.0895. The minimum atomic E-state index is -3.79. The highest BCUT2D eigenvalue weighted by molar-refractivity contribution is 7.90. The summed E-state index contributed by atoms with van der Waals surface area (Å²) in [6, 6.07) is 5.07. The van der Waals surface area contributed by atoms with Crippen LogP contribution in [0, 0.1) is 0 Å². The lowest BCUT2D eigenvalue weighted by atomic mass is 9.95. The Bertz CT molecular complexity index is 1270. The topological polar surface area (TPSA) is 119 Å². The molecular formula is C23H25NO7S. The van der Waals surface area contributed by atoms with Crippen LogP contribution in [-0.2, 0) is 21.1 Å². The minimum absolute atomic E-state index is 0.116. The molecule has 0 saturated heterocycles. The zero-order chi connectivity index (χ0) is 23.6. The van der Waals surface area contributed by atoms with Crippen LogP contribution < -0.4 is 20.2 Å². The number of aromatic hydroxyl groups is 1. The maximum Gasteiger partial charge on any atom is 0.244 e. The summed E-state index contributed by atoms with van der Waals surface area (Å²) in [4.78, 5) is 24.7. The molecule has 2 aromatic carbocycles. The van der Waals surface area contributed by atoms with Gasteiger partial charge >= 0.3 is 0 Å². The molecule has 3 rings (SSSR count). The largest absolute Gasteiger partial charge is 0.504 e. The first-order valence-electron chi connectivity index (χ1n) is 9.91. The van der Waals surface area contributed by atoms with Gasteiger partial charge < -0.3 is 19.9 Å². The Hall–Kier alpha value is -3.33. The van der Waals surface area contributed by atoms with Crippen LogP contribution in [0.3, 0.4) is 0 Å². The first-order chi connectivity index (χ1) is 15.1. The molecule has 0 saturated carbocycles. The van der Waals surface area contributed by atoms with E-state index in [4.69, 9.17) is 9.47 Å². The Kier molecular flexibility index (Phi) is 6.59. The number of aryl methyl sites for hydroxylation is 1. The summed E-state index contributed by atoms with van der Waals surface area (Å²) in [5, 5.41) is 13.9. The number of fused-ring (bicyclic) bond motifs is 3. The maximum absolute atomic E-state index is 12.8. The van der Waals surface area contributed by atoms with E-state index >= 15 is 0 Å². The van der Waals surface area contributed by atoms with Crippen LogP contribution in [0.15, 0.2) is 46.1 Å². The van der Waals surface area contributed by atoms with Gasteiger partial charge in [0.1, 0.15) is 4.90 Å². The molecule has 2 aromatic rings. The van der Waals surface area contributed by atoms with E-state index in [1.165, 1.54) is 38.5 Å². The fourth-order valence-corrected chi connectivity index (χ4v) is 4.69. The lowest BCUT2D eigenvalue weighted by Crippen LogP contribution is -2.27. The molecule has 32 heavy (non-hydrogen) atoms. The van der Waals surface area contributed by atoms with E-state index in [1.54, 1.807) is 19.1 Å². The van der Waals surface area contributed by atoms with Crippen molar-refractivity contribution in [3.8, 4) is 28.4 Å². The van der Waals surface area contributed by atoms with E-state index in [0.29, 0.717) is 40.8 Å². The van der Waals surface area contributed by atoms with Crippen molar-refractivity contribution < 1.29 is 27.8 Å². The van der Waals surface area contributed by atoms with Crippen LogP contribution in [0.4, 0.5) is 0 Å². The molecule has 0 unspecified atom stereocenters. The molecule has 1 atom stereocenters. The van der Waals surface area contributed by atoms with Crippen LogP contribution >= 0.6 is 0 Å². The monoisotopic (exact) mass is 459 g/mol. The second-order valence-electron chi connectivity index (χ2n) is 7.44. The third-order valence-corrected chi connectivity index (χ3v) is 6.49. The van der Waals surface area contributed by atoms with Crippen molar-refractivity contribution in [2.75, 3.05) is 20.5 Å². The number of ether oxygens (including phenoxy) is 2. The fraction of sp³-hybridized carbons (Fsp3) is 0.304. The average molecular weight is 460 g/mol. The Morgan fingerprint density at radius 3 is 2.53 bits per heavy atom. The van der Waals surface area contributed by atoms with Crippen molar-refractivity contribution in [3.05, 3.63) is 57.8 Å². The first-order valence-corrected chi connectivity index (χ1v) is 11.8. The van der Waals surface area contributed by atoms with Crippen molar-refractivity contribution >= 4 is 15.7 Å². The van der Waals surface area contributed by atoms with Gasteiger partial charge in [-0.05, 0) is 60.7 Å². The quantitative estimate of drug-likeness (QED) is 0.660. The van der Waals surface area contributed by atoms with Gasteiger partial charge in [0.15, 0.2) is 26.8 Å². The number of sulfone groups is 1. The molecule has 0 heterocycles. The van der Waals surface area contributed by atoms with Crippen LogP contribution in [-0.4, -0.2) is 39.9 Å². The van der Waals surface area contributed by atoms with E-state index < -0.39 is 21.3 Å². The van der Waals surface area contributed by atoms with Gasteiger partial charge in [-0.25, -0.2) is 8.42 Å². The van der Waals surface area contributed by atoms with Gasteiger partial charge in [-0.2, -0.15) is 0 Å².